The number of carbonyl (C=O) groups excluding carboxylic acids is 1. The Bertz CT molecular complexity index is 665. The number of likely N-dealkylation sites (tertiary alicyclic amines) is 1. The maximum Gasteiger partial charge on any atom is 0.272 e. The van der Waals surface area contributed by atoms with Crippen LogP contribution in [0.5, 0.6) is 0 Å². The lowest BCUT2D eigenvalue weighted by Gasteiger charge is -2.26. The molecular formula is C17H20N4O. The van der Waals surface area contributed by atoms with Crippen LogP contribution < -0.4 is 5.32 Å². The number of nitrogens with zero attached hydrogens (tertiary/aromatic N) is 3. The van der Waals surface area contributed by atoms with Crippen molar-refractivity contribution < 1.29 is 4.79 Å². The fourth-order valence-corrected chi connectivity index (χ4v) is 2.67. The highest BCUT2D eigenvalue weighted by Crippen LogP contribution is 2.17. The SMILES string of the molecule is Cc1cccc(Nc2cc(C(=O)N3CCCCC3)ncn2)c1. The van der Waals surface area contributed by atoms with Crippen LogP contribution in [0.25, 0.3) is 0 Å². The first-order valence-electron chi connectivity index (χ1n) is 7.67. The quantitative estimate of drug-likeness (QED) is 0.945. The van der Waals surface area contributed by atoms with Crippen LogP contribution in [0.2, 0.25) is 0 Å². The predicted octanol–water partition coefficient (Wildman–Crippen LogP) is 3.15. The zero-order valence-corrected chi connectivity index (χ0v) is 12.7. The highest BCUT2D eigenvalue weighted by Gasteiger charge is 2.19. The van der Waals surface area contributed by atoms with Gasteiger partial charge in [0.1, 0.15) is 17.8 Å². The summed E-state index contributed by atoms with van der Waals surface area (Å²) in [4.78, 5) is 22.7. The van der Waals surface area contributed by atoms with E-state index >= 15 is 0 Å². The molecule has 1 N–H and O–H groups in total. The van der Waals surface area contributed by atoms with Crippen LogP contribution in [0.15, 0.2) is 36.7 Å². The maximum absolute atomic E-state index is 12.5. The van der Waals surface area contributed by atoms with Crippen LogP contribution in [0, 0.1) is 6.92 Å². The number of aryl methyl sites for hydroxylation is 1. The number of piperidine rings is 1. The van der Waals surface area contributed by atoms with Crippen LogP contribution in [0.3, 0.4) is 0 Å². The molecule has 1 aliphatic rings. The third-order valence-electron chi connectivity index (χ3n) is 3.82. The van der Waals surface area contributed by atoms with E-state index in [0.717, 1.165) is 31.6 Å². The molecule has 22 heavy (non-hydrogen) atoms. The molecule has 0 saturated carbocycles. The number of amides is 1. The second-order valence-electron chi connectivity index (χ2n) is 5.64. The van der Waals surface area contributed by atoms with Gasteiger partial charge in [-0.1, -0.05) is 12.1 Å². The number of nitrogens with one attached hydrogen (secondary N) is 1. The Morgan fingerprint density at radius 2 is 1.95 bits per heavy atom. The van der Waals surface area contributed by atoms with Crippen molar-refractivity contribution in [3.63, 3.8) is 0 Å². The summed E-state index contributed by atoms with van der Waals surface area (Å²) in [6.45, 7) is 3.68. The summed E-state index contributed by atoms with van der Waals surface area (Å²) in [6.07, 6.45) is 4.79. The first-order valence-corrected chi connectivity index (χ1v) is 7.67. The van der Waals surface area contributed by atoms with E-state index in [1.807, 2.05) is 36.1 Å². The lowest BCUT2D eigenvalue weighted by molar-refractivity contribution is 0.0718. The van der Waals surface area contributed by atoms with Crippen LogP contribution >= 0.6 is 0 Å². The van der Waals surface area contributed by atoms with Gasteiger partial charge < -0.3 is 10.2 Å². The summed E-state index contributed by atoms with van der Waals surface area (Å²) in [7, 11) is 0. The summed E-state index contributed by atoms with van der Waals surface area (Å²) in [5.41, 5.74) is 2.57. The number of anilines is 2. The first-order chi connectivity index (χ1) is 10.7. The average molecular weight is 296 g/mol. The smallest absolute Gasteiger partial charge is 0.272 e. The summed E-state index contributed by atoms with van der Waals surface area (Å²) in [5, 5.41) is 3.22. The molecule has 1 saturated heterocycles. The minimum Gasteiger partial charge on any atom is -0.340 e. The van der Waals surface area contributed by atoms with Crippen LogP contribution in [-0.4, -0.2) is 33.9 Å². The van der Waals surface area contributed by atoms with E-state index in [0.29, 0.717) is 11.5 Å². The molecule has 5 heteroatoms. The summed E-state index contributed by atoms with van der Waals surface area (Å²) < 4.78 is 0. The topological polar surface area (TPSA) is 58.1 Å². The summed E-state index contributed by atoms with van der Waals surface area (Å²) in [5.74, 6) is 0.635. The zero-order chi connectivity index (χ0) is 15.4. The molecule has 0 radical (unpaired) electrons. The molecule has 3 rings (SSSR count). The lowest BCUT2D eigenvalue weighted by Crippen LogP contribution is -2.36. The van der Waals surface area contributed by atoms with Crippen LogP contribution in [0.1, 0.15) is 35.3 Å². The highest BCUT2D eigenvalue weighted by molar-refractivity contribution is 5.93. The van der Waals surface area contributed by atoms with Gasteiger partial charge in [-0.25, -0.2) is 9.97 Å². The lowest BCUT2D eigenvalue weighted by atomic mass is 10.1. The Labute approximate surface area is 130 Å². The Balaban J connectivity index is 1.75. The zero-order valence-electron chi connectivity index (χ0n) is 12.7. The van der Waals surface area contributed by atoms with Crippen molar-refractivity contribution in [1.82, 2.24) is 14.9 Å². The monoisotopic (exact) mass is 296 g/mol. The number of hydrogen-bond acceptors (Lipinski definition) is 4. The number of carbonyl (C=O) groups is 1. The number of rotatable bonds is 3. The molecular weight excluding hydrogens is 276 g/mol. The average Bonchev–Trinajstić information content (AvgIpc) is 2.55. The first kappa shape index (κ1) is 14.5. The summed E-state index contributed by atoms with van der Waals surface area (Å²) in [6, 6.07) is 9.75. The second kappa shape index (κ2) is 6.56. The van der Waals surface area contributed by atoms with E-state index in [9.17, 15) is 4.79 Å². The molecule has 0 unspecified atom stereocenters. The van der Waals surface area contributed by atoms with E-state index in [1.54, 1.807) is 6.07 Å². The molecule has 1 aliphatic heterocycles. The molecule has 2 heterocycles. The standard InChI is InChI=1S/C17H20N4O/c1-13-6-5-7-14(10-13)20-16-11-15(18-12-19-16)17(22)21-8-3-2-4-9-21/h5-7,10-12H,2-4,8-9H2,1H3,(H,18,19,20). The van der Waals surface area contributed by atoms with Gasteiger partial charge in [0.25, 0.3) is 5.91 Å². The third-order valence-corrected chi connectivity index (χ3v) is 3.82. The van der Waals surface area contributed by atoms with Crippen molar-refractivity contribution in [2.75, 3.05) is 18.4 Å². The number of hydrogen-bond donors (Lipinski definition) is 1. The highest BCUT2D eigenvalue weighted by atomic mass is 16.2. The molecule has 1 amide bonds. The molecule has 2 aromatic rings. The number of aromatic nitrogens is 2. The fraction of sp³-hybridized carbons (Fsp3) is 0.353. The maximum atomic E-state index is 12.5. The molecule has 1 aromatic carbocycles. The normalized spacial score (nSPS) is 14.7. The van der Waals surface area contributed by atoms with Gasteiger partial charge in [0.15, 0.2) is 0 Å². The van der Waals surface area contributed by atoms with Gasteiger partial charge in [0, 0.05) is 24.8 Å². The van der Waals surface area contributed by atoms with E-state index < -0.39 is 0 Å². The van der Waals surface area contributed by atoms with Gasteiger partial charge in [0.2, 0.25) is 0 Å². The third kappa shape index (κ3) is 3.42. The Morgan fingerprint density at radius 1 is 1.14 bits per heavy atom. The number of benzene rings is 1. The molecule has 1 fully saturated rings. The van der Waals surface area contributed by atoms with Gasteiger partial charge in [-0.2, -0.15) is 0 Å². The fourth-order valence-electron chi connectivity index (χ4n) is 2.67. The van der Waals surface area contributed by atoms with Gasteiger partial charge in [0.05, 0.1) is 0 Å². The van der Waals surface area contributed by atoms with Crippen molar-refractivity contribution in [2.45, 2.75) is 26.2 Å². The van der Waals surface area contributed by atoms with Crippen molar-refractivity contribution in [2.24, 2.45) is 0 Å². The van der Waals surface area contributed by atoms with Crippen molar-refractivity contribution >= 4 is 17.4 Å². The van der Waals surface area contributed by atoms with Crippen molar-refractivity contribution in [3.8, 4) is 0 Å². The van der Waals surface area contributed by atoms with E-state index in [1.165, 1.54) is 18.3 Å². The largest absolute Gasteiger partial charge is 0.340 e. The summed E-state index contributed by atoms with van der Waals surface area (Å²) >= 11 is 0. The van der Waals surface area contributed by atoms with Gasteiger partial charge in [-0.15, -0.1) is 0 Å². The molecule has 0 aliphatic carbocycles. The second-order valence-corrected chi connectivity index (χ2v) is 5.64. The van der Waals surface area contributed by atoms with Crippen molar-refractivity contribution in [3.05, 3.63) is 47.9 Å². The van der Waals surface area contributed by atoms with E-state index in [2.05, 4.69) is 15.3 Å². The molecule has 1 aromatic heterocycles. The van der Waals surface area contributed by atoms with Crippen molar-refractivity contribution in [1.29, 1.82) is 0 Å². The van der Waals surface area contributed by atoms with Gasteiger partial charge >= 0.3 is 0 Å². The molecule has 5 nitrogen and oxygen atoms in total. The Morgan fingerprint density at radius 3 is 2.73 bits per heavy atom. The van der Waals surface area contributed by atoms with E-state index in [4.69, 9.17) is 0 Å². The molecule has 0 atom stereocenters. The Hall–Kier alpha value is -2.43. The van der Waals surface area contributed by atoms with E-state index in [-0.39, 0.29) is 5.91 Å². The van der Waals surface area contributed by atoms with Crippen LogP contribution in [-0.2, 0) is 0 Å². The molecule has 0 bridgehead atoms. The minimum absolute atomic E-state index is 0.00519. The predicted molar refractivity (Wildman–Crippen MR) is 86.2 cm³/mol. The molecule has 0 spiro atoms. The minimum atomic E-state index is -0.00519. The van der Waals surface area contributed by atoms with Gasteiger partial charge in [-0.05, 0) is 43.9 Å². The molecule has 114 valence electrons. The van der Waals surface area contributed by atoms with Gasteiger partial charge in [-0.3, -0.25) is 4.79 Å². The van der Waals surface area contributed by atoms with Crippen LogP contribution in [0.4, 0.5) is 11.5 Å². The Kier molecular flexibility index (Phi) is 4.32.